The molecule has 1 N–H and O–H groups in total. The minimum Gasteiger partial charge on any atom is -0.449 e. The van der Waals surface area contributed by atoms with Crippen molar-refractivity contribution in [2.24, 2.45) is 0 Å². The van der Waals surface area contributed by atoms with E-state index in [1.54, 1.807) is 24.8 Å². The van der Waals surface area contributed by atoms with Crippen molar-refractivity contribution in [2.75, 3.05) is 5.75 Å². The normalized spacial score (nSPS) is 13.2. The van der Waals surface area contributed by atoms with E-state index in [1.165, 1.54) is 0 Å². The van der Waals surface area contributed by atoms with Crippen LogP contribution in [0, 0.1) is 0 Å². The van der Waals surface area contributed by atoms with E-state index in [-0.39, 0.29) is 6.10 Å². The van der Waals surface area contributed by atoms with Crippen molar-refractivity contribution < 1.29 is 9.52 Å². The monoisotopic (exact) mass is 206 g/mol. The molecule has 0 unspecified atom stereocenters. The lowest BCUT2D eigenvalue weighted by Crippen LogP contribution is -2.02. The van der Waals surface area contributed by atoms with Gasteiger partial charge in [-0.1, -0.05) is 0 Å². The van der Waals surface area contributed by atoms with Gasteiger partial charge in [-0.15, -0.1) is 0 Å². The molecule has 0 radical (unpaired) electrons. The number of aliphatic hydroxyl groups excluding tert-OH is 1. The molecule has 0 aliphatic rings. The summed E-state index contributed by atoms with van der Waals surface area (Å²) in [6.45, 7) is 1.77. The topological polar surface area (TPSA) is 33.4 Å². The van der Waals surface area contributed by atoms with Gasteiger partial charge in [0.2, 0.25) is 0 Å². The first kappa shape index (κ1) is 9.96. The lowest BCUT2D eigenvalue weighted by molar-refractivity contribution is 0.220. The highest BCUT2D eigenvalue weighted by atomic mass is 35.5. The third-order valence-electron chi connectivity index (χ3n) is 1.23. The highest BCUT2D eigenvalue weighted by Gasteiger charge is 2.01. The molecule has 0 amide bonds. The number of furan rings is 1. The third kappa shape index (κ3) is 3.52. The zero-order chi connectivity index (χ0) is 8.97. The van der Waals surface area contributed by atoms with E-state index in [0.29, 0.717) is 5.22 Å². The molecule has 12 heavy (non-hydrogen) atoms. The molecule has 0 saturated heterocycles. The molecular formula is C8H11ClO2S. The molecule has 0 aromatic carbocycles. The Morgan fingerprint density at radius 3 is 2.92 bits per heavy atom. The maximum absolute atomic E-state index is 8.96. The minimum absolute atomic E-state index is 0.263. The summed E-state index contributed by atoms with van der Waals surface area (Å²) in [7, 11) is 0. The number of thioether (sulfide) groups is 1. The molecule has 2 nitrogen and oxygen atoms in total. The SMILES string of the molecule is C[C@@H](O)CSCc1ccc(Cl)o1. The van der Waals surface area contributed by atoms with Crippen LogP contribution in [0.15, 0.2) is 16.5 Å². The van der Waals surface area contributed by atoms with Gasteiger partial charge in [-0.3, -0.25) is 0 Å². The Labute approximate surface area is 80.9 Å². The van der Waals surface area contributed by atoms with Gasteiger partial charge in [-0.2, -0.15) is 11.8 Å². The lowest BCUT2D eigenvalue weighted by atomic mass is 10.5. The van der Waals surface area contributed by atoms with Crippen LogP contribution in [-0.4, -0.2) is 17.0 Å². The second-order valence-electron chi connectivity index (χ2n) is 2.57. The van der Waals surface area contributed by atoms with Crippen molar-refractivity contribution in [1.29, 1.82) is 0 Å². The van der Waals surface area contributed by atoms with Gasteiger partial charge < -0.3 is 9.52 Å². The average Bonchev–Trinajstić information content (AvgIpc) is 2.35. The zero-order valence-corrected chi connectivity index (χ0v) is 8.36. The minimum atomic E-state index is -0.263. The molecule has 0 fully saturated rings. The molecule has 0 saturated carbocycles. The van der Waals surface area contributed by atoms with Gasteiger partial charge in [0.25, 0.3) is 0 Å². The predicted octanol–water partition coefficient (Wildman–Crippen LogP) is 2.55. The van der Waals surface area contributed by atoms with E-state index in [4.69, 9.17) is 21.1 Å². The largest absolute Gasteiger partial charge is 0.449 e. The molecule has 0 aliphatic heterocycles. The summed E-state index contributed by atoms with van der Waals surface area (Å²) in [6.07, 6.45) is -0.263. The Kier molecular flexibility index (Phi) is 3.98. The fourth-order valence-electron chi connectivity index (χ4n) is 0.759. The molecule has 0 spiro atoms. The molecule has 1 atom stereocenters. The van der Waals surface area contributed by atoms with E-state index in [9.17, 15) is 0 Å². The summed E-state index contributed by atoms with van der Waals surface area (Å²) in [4.78, 5) is 0. The van der Waals surface area contributed by atoms with E-state index in [2.05, 4.69) is 0 Å². The van der Waals surface area contributed by atoms with Gasteiger partial charge in [0.05, 0.1) is 11.9 Å². The van der Waals surface area contributed by atoms with Crippen molar-refractivity contribution >= 4 is 23.4 Å². The van der Waals surface area contributed by atoms with Gasteiger partial charge in [-0.05, 0) is 30.7 Å². The summed E-state index contributed by atoms with van der Waals surface area (Å²) < 4.78 is 5.13. The van der Waals surface area contributed by atoms with Crippen LogP contribution in [-0.2, 0) is 5.75 Å². The molecule has 0 aliphatic carbocycles. The van der Waals surface area contributed by atoms with Crippen LogP contribution in [0.4, 0.5) is 0 Å². The molecular weight excluding hydrogens is 196 g/mol. The first-order chi connectivity index (χ1) is 5.68. The van der Waals surface area contributed by atoms with E-state index in [1.807, 2.05) is 6.07 Å². The molecule has 4 heteroatoms. The van der Waals surface area contributed by atoms with Gasteiger partial charge in [0.15, 0.2) is 5.22 Å². The van der Waals surface area contributed by atoms with Crippen LogP contribution in [0.5, 0.6) is 0 Å². The quantitative estimate of drug-likeness (QED) is 0.822. The maximum atomic E-state index is 8.96. The average molecular weight is 207 g/mol. The van der Waals surface area contributed by atoms with Crippen LogP contribution in [0.3, 0.4) is 0 Å². The summed E-state index contributed by atoms with van der Waals surface area (Å²) in [6, 6.07) is 3.57. The van der Waals surface area contributed by atoms with Crippen molar-refractivity contribution in [3.05, 3.63) is 23.1 Å². The fourth-order valence-corrected chi connectivity index (χ4v) is 1.74. The van der Waals surface area contributed by atoms with Crippen LogP contribution >= 0.6 is 23.4 Å². The second kappa shape index (κ2) is 4.80. The number of aliphatic hydroxyl groups is 1. The number of rotatable bonds is 4. The number of halogens is 1. The summed E-state index contributed by atoms with van der Waals surface area (Å²) in [5.41, 5.74) is 0. The lowest BCUT2D eigenvalue weighted by Gasteiger charge is -2.00. The fraction of sp³-hybridized carbons (Fsp3) is 0.500. The first-order valence-electron chi connectivity index (χ1n) is 3.68. The zero-order valence-electron chi connectivity index (χ0n) is 6.79. The number of hydrogen-bond donors (Lipinski definition) is 1. The Hall–Kier alpha value is -0.120. The van der Waals surface area contributed by atoms with Crippen molar-refractivity contribution in [2.45, 2.75) is 18.8 Å². The molecule has 1 aromatic rings. The van der Waals surface area contributed by atoms with Gasteiger partial charge in [-0.25, -0.2) is 0 Å². The summed E-state index contributed by atoms with van der Waals surface area (Å²) >= 11 is 7.20. The predicted molar refractivity (Wildman–Crippen MR) is 51.6 cm³/mol. The van der Waals surface area contributed by atoms with Gasteiger partial charge >= 0.3 is 0 Å². The van der Waals surface area contributed by atoms with Crippen molar-refractivity contribution in [3.63, 3.8) is 0 Å². The van der Waals surface area contributed by atoms with Crippen molar-refractivity contribution in [3.8, 4) is 0 Å². The van der Waals surface area contributed by atoms with Crippen molar-refractivity contribution in [1.82, 2.24) is 0 Å². The van der Waals surface area contributed by atoms with Gasteiger partial charge in [0.1, 0.15) is 5.76 Å². The summed E-state index contributed by atoms with van der Waals surface area (Å²) in [5.74, 6) is 2.33. The highest BCUT2D eigenvalue weighted by Crippen LogP contribution is 2.18. The maximum Gasteiger partial charge on any atom is 0.193 e. The third-order valence-corrected chi connectivity index (χ3v) is 2.64. The Balaban J connectivity index is 2.24. The van der Waals surface area contributed by atoms with E-state index < -0.39 is 0 Å². The van der Waals surface area contributed by atoms with E-state index >= 15 is 0 Å². The molecule has 68 valence electrons. The van der Waals surface area contributed by atoms with Gasteiger partial charge in [0, 0.05) is 5.75 Å². The van der Waals surface area contributed by atoms with Crippen LogP contribution in [0.1, 0.15) is 12.7 Å². The van der Waals surface area contributed by atoms with Crippen LogP contribution < -0.4 is 0 Å². The number of hydrogen-bond acceptors (Lipinski definition) is 3. The van der Waals surface area contributed by atoms with Crippen LogP contribution in [0.2, 0.25) is 5.22 Å². The Morgan fingerprint density at radius 1 is 1.67 bits per heavy atom. The first-order valence-corrected chi connectivity index (χ1v) is 5.22. The smallest absolute Gasteiger partial charge is 0.193 e. The standard InChI is InChI=1S/C8H11ClO2S/c1-6(10)4-12-5-7-2-3-8(9)11-7/h2-3,6,10H,4-5H2,1H3/t6-/m1/s1. The highest BCUT2D eigenvalue weighted by molar-refractivity contribution is 7.98. The van der Waals surface area contributed by atoms with Crippen LogP contribution in [0.25, 0.3) is 0 Å². The Morgan fingerprint density at radius 2 is 2.42 bits per heavy atom. The molecule has 1 rings (SSSR count). The molecule has 1 aromatic heterocycles. The second-order valence-corrected chi connectivity index (χ2v) is 3.97. The van der Waals surface area contributed by atoms with E-state index in [0.717, 1.165) is 17.3 Å². The Bertz CT molecular complexity index is 235. The molecule has 1 heterocycles. The molecule has 0 bridgehead atoms. The summed E-state index contributed by atoms with van der Waals surface area (Å²) in [5, 5.41) is 9.38.